The molecule has 0 saturated heterocycles. The van der Waals surface area contributed by atoms with Crippen molar-refractivity contribution in [1.29, 1.82) is 0 Å². The first-order valence-electron chi connectivity index (χ1n) is 16.1. The molecule has 1 saturated carbocycles. The van der Waals surface area contributed by atoms with Crippen molar-refractivity contribution in [2.75, 3.05) is 7.11 Å². The summed E-state index contributed by atoms with van der Waals surface area (Å²) in [5.41, 5.74) is 9.10. The molecule has 1 fully saturated rings. The van der Waals surface area contributed by atoms with E-state index in [2.05, 4.69) is 37.8 Å². The van der Waals surface area contributed by atoms with Crippen LogP contribution in [-0.4, -0.2) is 23.2 Å². The number of carbonyl (C=O) groups is 1. The standard InChI is InChI=1S/C41H42ClNO3/c1-5-10-38-30(18-24-39(43-38)37-26-34(46-4)21-23-36(37)29-15-19-33(42)20-16-29)14-13-27(2)40(31-11-8-6-7-9-12-31)35-22-17-32(41(44)45)25-28(35)3/h5,10,14-26,31H,1,6-9,11-13H2,2-4H3,(H,44,45)/b30-14-,38-10+,40-27+. The Kier molecular flexibility index (Phi) is 10.9. The van der Waals surface area contributed by atoms with E-state index in [1.165, 1.54) is 42.4 Å². The minimum Gasteiger partial charge on any atom is -0.497 e. The summed E-state index contributed by atoms with van der Waals surface area (Å²) in [6.07, 6.45) is 14.1. The summed E-state index contributed by atoms with van der Waals surface area (Å²) in [5, 5.41) is 12.2. The molecule has 1 aromatic heterocycles. The van der Waals surface area contributed by atoms with E-state index in [-0.39, 0.29) is 0 Å². The number of carboxylic acid groups (broad SMARTS) is 1. The number of aromatic nitrogens is 1. The molecular formula is C41H42ClNO3. The van der Waals surface area contributed by atoms with Crippen LogP contribution in [0.3, 0.4) is 0 Å². The largest absolute Gasteiger partial charge is 0.497 e. The number of hydrogen-bond acceptors (Lipinski definition) is 3. The minimum absolute atomic E-state index is 0.330. The zero-order valence-corrected chi connectivity index (χ0v) is 27.7. The van der Waals surface area contributed by atoms with E-state index in [4.69, 9.17) is 21.3 Å². The number of nitrogens with zero attached hydrogens (tertiary/aromatic N) is 1. The first kappa shape index (κ1) is 33.0. The second-order valence-electron chi connectivity index (χ2n) is 12.1. The Morgan fingerprint density at radius 3 is 2.37 bits per heavy atom. The van der Waals surface area contributed by atoms with Gasteiger partial charge in [0.05, 0.1) is 23.7 Å². The SMILES string of the molecule is C=C/C=c1/nc(-c2cc(OC)ccc2-c2ccc(Cl)cc2)cc/c1=C/C/C(C)=C(/c1ccc(C(=O)O)cc1C)C1CCCCCC1. The average molecular weight is 632 g/mol. The lowest BCUT2D eigenvalue weighted by Gasteiger charge is -2.24. The van der Waals surface area contributed by atoms with Gasteiger partial charge in [-0.25, -0.2) is 9.78 Å². The molecule has 0 unspecified atom stereocenters. The van der Waals surface area contributed by atoms with Crippen molar-refractivity contribution < 1.29 is 14.6 Å². The number of aromatic carboxylic acids is 1. The molecule has 0 bridgehead atoms. The van der Waals surface area contributed by atoms with E-state index < -0.39 is 5.97 Å². The van der Waals surface area contributed by atoms with Gasteiger partial charge >= 0.3 is 5.97 Å². The summed E-state index contributed by atoms with van der Waals surface area (Å²) in [5.74, 6) is 0.332. The lowest BCUT2D eigenvalue weighted by molar-refractivity contribution is 0.0696. The molecule has 5 rings (SSSR count). The summed E-state index contributed by atoms with van der Waals surface area (Å²) in [7, 11) is 1.67. The third-order valence-electron chi connectivity index (χ3n) is 9.01. The molecule has 3 aromatic carbocycles. The first-order chi connectivity index (χ1) is 22.3. The summed E-state index contributed by atoms with van der Waals surface area (Å²) in [4.78, 5) is 16.8. The zero-order chi connectivity index (χ0) is 32.6. The Bertz CT molecular complexity index is 1880. The van der Waals surface area contributed by atoms with Crippen LogP contribution in [0.5, 0.6) is 5.75 Å². The van der Waals surface area contributed by atoms with Crippen LogP contribution in [0.4, 0.5) is 0 Å². The van der Waals surface area contributed by atoms with Gasteiger partial charge < -0.3 is 9.84 Å². The van der Waals surface area contributed by atoms with Crippen molar-refractivity contribution in [3.8, 4) is 28.1 Å². The number of benzene rings is 3. The highest BCUT2D eigenvalue weighted by atomic mass is 35.5. The van der Waals surface area contributed by atoms with Crippen LogP contribution in [0.25, 0.3) is 40.1 Å². The maximum Gasteiger partial charge on any atom is 0.335 e. The van der Waals surface area contributed by atoms with Gasteiger partial charge in [0.25, 0.3) is 0 Å². The summed E-state index contributed by atoms with van der Waals surface area (Å²) in [6, 6.07) is 23.7. The van der Waals surface area contributed by atoms with E-state index in [9.17, 15) is 9.90 Å². The molecule has 0 amide bonds. The van der Waals surface area contributed by atoms with E-state index in [1.807, 2.05) is 61.5 Å². The maximum atomic E-state index is 11.7. The van der Waals surface area contributed by atoms with Gasteiger partial charge in [-0.1, -0.05) is 91.9 Å². The third-order valence-corrected chi connectivity index (χ3v) is 9.26. The number of methoxy groups -OCH3 is 1. The van der Waals surface area contributed by atoms with Gasteiger partial charge in [-0.05, 0) is 121 Å². The molecule has 0 radical (unpaired) electrons. The fraction of sp³-hybridized carbons (Fsp3) is 0.268. The Labute approximate surface area is 277 Å². The van der Waals surface area contributed by atoms with Crippen molar-refractivity contribution in [3.05, 3.63) is 123 Å². The molecule has 5 heteroatoms. The second kappa shape index (κ2) is 15.2. The molecule has 1 aliphatic carbocycles. The smallest absolute Gasteiger partial charge is 0.335 e. The lowest BCUT2D eigenvalue weighted by atomic mass is 9.81. The Balaban J connectivity index is 1.58. The molecule has 0 aliphatic heterocycles. The fourth-order valence-electron chi connectivity index (χ4n) is 6.64. The van der Waals surface area contributed by atoms with Crippen molar-refractivity contribution in [2.24, 2.45) is 5.92 Å². The highest BCUT2D eigenvalue weighted by Crippen LogP contribution is 2.39. The molecule has 1 heterocycles. The number of hydrogen-bond donors (Lipinski definition) is 1. The van der Waals surface area contributed by atoms with Crippen LogP contribution in [0.15, 0.2) is 91.0 Å². The third kappa shape index (κ3) is 7.68. The number of rotatable bonds is 9. The monoisotopic (exact) mass is 631 g/mol. The molecule has 0 spiro atoms. The fourth-order valence-corrected chi connectivity index (χ4v) is 6.76. The van der Waals surface area contributed by atoms with Crippen LogP contribution in [0.1, 0.15) is 73.4 Å². The second-order valence-corrected chi connectivity index (χ2v) is 12.6. The normalized spacial score (nSPS) is 15.3. The van der Waals surface area contributed by atoms with Crippen LogP contribution >= 0.6 is 11.6 Å². The highest BCUT2D eigenvalue weighted by molar-refractivity contribution is 6.30. The molecule has 1 N–H and O–H groups in total. The summed E-state index contributed by atoms with van der Waals surface area (Å²) in [6.45, 7) is 8.23. The van der Waals surface area contributed by atoms with E-state index in [0.29, 0.717) is 16.5 Å². The van der Waals surface area contributed by atoms with E-state index in [1.54, 1.807) is 19.3 Å². The Hall–Kier alpha value is -4.41. The predicted molar refractivity (Wildman–Crippen MR) is 192 cm³/mol. The van der Waals surface area contributed by atoms with Gasteiger partial charge in [0.1, 0.15) is 5.75 Å². The molecule has 1 aliphatic rings. The summed E-state index contributed by atoms with van der Waals surface area (Å²) < 4.78 is 5.58. The van der Waals surface area contributed by atoms with Crippen molar-refractivity contribution in [2.45, 2.75) is 58.8 Å². The highest BCUT2D eigenvalue weighted by Gasteiger charge is 2.22. The molecule has 236 valence electrons. The van der Waals surface area contributed by atoms with Crippen LogP contribution in [-0.2, 0) is 0 Å². The van der Waals surface area contributed by atoms with Crippen LogP contribution in [0.2, 0.25) is 5.02 Å². The van der Waals surface area contributed by atoms with Gasteiger partial charge in [0.2, 0.25) is 0 Å². The van der Waals surface area contributed by atoms with Crippen molar-refractivity contribution in [1.82, 2.24) is 4.98 Å². The maximum absolute atomic E-state index is 11.7. The van der Waals surface area contributed by atoms with Crippen LogP contribution in [0, 0.1) is 12.8 Å². The Morgan fingerprint density at radius 1 is 0.978 bits per heavy atom. The first-order valence-corrected chi connectivity index (χ1v) is 16.4. The quantitative estimate of drug-likeness (QED) is 0.187. The molecular weight excluding hydrogens is 590 g/mol. The number of pyridine rings is 1. The van der Waals surface area contributed by atoms with Crippen molar-refractivity contribution in [3.63, 3.8) is 0 Å². The number of allylic oxidation sites excluding steroid dienone is 3. The molecule has 4 aromatic rings. The predicted octanol–water partition coefficient (Wildman–Crippen LogP) is 9.67. The molecule has 0 atom stereocenters. The van der Waals surface area contributed by atoms with Crippen molar-refractivity contribution >= 4 is 35.3 Å². The topological polar surface area (TPSA) is 59.4 Å². The zero-order valence-electron chi connectivity index (χ0n) is 27.0. The number of carboxylic acids is 1. The van der Waals surface area contributed by atoms with Gasteiger partial charge in [0.15, 0.2) is 0 Å². The lowest BCUT2D eigenvalue weighted by Crippen LogP contribution is -2.28. The minimum atomic E-state index is -0.893. The molecule has 46 heavy (non-hydrogen) atoms. The van der Waals surface area contributed by atoms with E-state index >= 15 is 0 Å². The van der Waals surface area contributed by atoms with Gasteiger partial charge in [-0.3, -0.25) is 0 Å². The molecule has 4 nitrogen and oxygen atoms in total. The summed E-state index contributed by atoms with van der Waals surface area (Å²) >= 11 is 6.19. The van der Waals surface area contributed by atoms with Gasteiger partial charge in [-0.2, -0.15) is 0 Å². The van der Waals surface area contributed by atoms with Gasteiger partial charge in [-0.15, -0.1) is 0 Å². The van der Waals surface area contributed by atoms with Gasteiger partial charge in [0, 0.05) is 10.6 Å². The number of ether oxygens (including phenoxy) is 1. The average Bonchev–Trinajstić information content (AvgIpc) is 3.34. The van der Waals surface area contributed by atoms with E-state index in [0.717, 1.165) is 63.5 Å². The van der Waals surface area contributed by atoms with Crippen LogP contribution < -0.4 is 15.3 Å². The number of aryl methyl sites for hydroxylation is 1. The number of halogens is 1. The Morgan fingerprint density at radius 2 is 1.72 bits per heavy atom.